The maximum Gasteiger partial charge on any atom is 0.340 e. The third-order valence-corrected chi connectivity index (χ3v) is 3.20. The number of esters is 2. The van der Waals surface area contributed by atoms with Crippen LogP contribution in [0.25, 0.3) is 0 Å². The number of nitrogens with zero attached hydrogens (tertiary/aromatic N) is 2. The molecule has 2 atom stereocenters. The van der Waals surface area contributed by atoms with Crippen molar-refractivity contribution in [1.82, 2.24) is 0 Å². The largest absolute Gasteiger partial charge is 0.467 e. The van der Waals surface area contributed by atoms with Crippen molar-refractivity contribution in [2.24, 2.45) is 10.2 Å². The summed E-state index contributed by atoms with van der Waals surface area (Å²) < 4.78 is 10.2. The smallest absolute Gasteiger partial charge is 0.340 e. The van der Waals surface area contributed by atoms with Crippen molar-refractivity contribution in [2.45, 2.75) is 25.0 Å². The van der Waals surface area contributed by atoms with E-state index >= 15 is 0 Å². The second-order valence-electron chi connectivity index (χ2n) is 4.53. The summed E-state index contributed by atoms with van der Waals surface area (Å²) >= 11 is 0. The summed E-state index contributed by atoms with van der Waals surface area (Å²) in [4.78, 5) is 23.6. The van der Waals surface area contributed by atoms with Crippen LogP contribution in [-0.2, 0) is 19.1 Å². The minimum Gasteiger partial charge on any atom is -0.467 e. The molecule has 0 aromatic heterocycles. The quantitative estimate of drug-likeness (QED) is 0.789. The number of ether oxygens (including phenoxy) is 2. The molecule has 1 aromatic carbocycles. The maximum absolute atomic E-state index is 12.2. The molecular formula is C14H16N2O4. The fourth-order valence-corrected chi connectivity index (χ4v) is 2.29. The van der Waals surface area contributed by atoms with Gasteiger partial charge in [-0.3, -0.25) is 4.79 Å². The Morgan fingerprint density at radius 1 is 1.30 bits per heavy atom. The number of carbonyl (C=O) groups is 2. The van der Waals surface area contributed by atoms with Gasteiger partial charge >= 0.3 is 11.9 Å². The van der Waals surface area contributed by atoms with Gasteiger partial charge in [-0.05, 0) is 5.56 Å². The van der Waals surface area contributed by atoms with Crippen LogP contribution in [0.3, 0.4) is 0 Å². The van der Waals surface area contributed by atoms with Crippen molar-refractivity contribution in [1.29, 1.82) is 0 Å². The molecule has 1 heterocycles. The van der Waals surface area contributed by atoms with Crippen molar-refractivity contribution in [3.05, 3.63) is 35.9 Å². The van der Waals surface area contributed by atoms with Gasteiger partial charge in [0.2, 0.25) is 5.54 Å². The van der Waals surface area contributed by atoms with Gasteiger partial charge in [0.05, 0.1) is 13.7 Å². The molecule has 1 aliphatic rings. The molecule has 0 N–H and O–H groups in total. The molecule has 0 aliphatic carbocycles. The lowest BCUT2D eigenvalue weighted by Gasteiger charge is -2.30. The van der Waals surface area contributed by atoms with E-state index in [1.165, 1.54) is 14.0 Å². The molecule has 2 rings (SSSR count). The van der Waals surface area contributed by atoms with Crippen LogP contribution in [0.1, 0.15) is 25.0 Å². The fourth-order valence-electron chi connectivity index (χ4n) is 2.29. The molecule has 1 aliphatic heterocycles. The van der Waals surface area contributed by atoms with Crippen molar-refractivity contribution in [3.63, 3.8) is 0 Å². The van der Waals surface area contributed by atoms with Crippen LogP contribution in [0.15, 0.2) is 40.6 Å². The number of hydrogen-bond donors (Lipinski definition) is 0. The van der Waals surface area contributed by atoms with E-state index in [0.29, 0.717) is 18.5 Å². The molecular weight excluding hydrogens is 260 g/mol. The van der Waals surface area contributed by atoms with E-state index in [9.17, 15) is 9.59 Å². The van der Waals surface area contributed by atoms with Crippen molar-refractivity contribution in [3.8, 4) is 0 Å². The third kappa shape index (κ3) is 2.54. The third-order valence-electron chi connectivity index (χ3n) is 3.20. The molecule has 0 spiro atoms. The van der Waals surface area contributed by atoms with Crippen LogP contribution in [0.4, 0.5) is 0 Å². The van der Waals surface area contributed by atoms with Gasteiger partial charge in [0.1, 0.15) is 0 Å². The molecule has 6 nitrogen and oxygen atoms in total. The van der Waals surface area contributed by atoms with E-state index in [0.717, 1.165) is 0 Å². The van der Waals surface area contributed by atoms with Crippen molar-refractivity contribution in [2.75, 3.05) is 13.7 Å². The second-order valence-corrected chi connectivity index (χ2v) is 4.53. The Morgan fingerprint density at radius 3 is 2.50 bits per heavy atom. The summed E-state index contributed by atoms with van der Waals surface area (Å²) in [5.74, 6) is -1.03. The first kappa shape index (κ1) is 14.2. The number of rotatable bonds is 4. The van der Waals surface area contributed by atoms with E-state index in [1.54, 1.807) is 12.1 Å². The summed E-state index contributed by atoms with van der Waals surface area (Å²) in [5, 5.41) is 7.93. The summed E-state index contributed by atoms with van der Waals surface area (Å²) in [5.41, 5.74) is -0.601. The van der Waals surface area contributed by atoms with Crippen LogP contribution >= 0.6 is 0 Å². The van der Waals surface area contributed by atoms with Crippen LogP contribution < -0.4 is 0 Å². The van der Waals surface area contributed by atoms with E-state index < -0.39 is 23.6 Å². The van der Waals surface area contributed by atoms with Crippen LogP contribution in [-0.4, -0.2) is 31.1 Å². The van der Waals surface area contributed by atoms with Gasteiger partial charge in [-0.15, -0.1) is 0 Å². The van der Waals surface area contributed by atoms with Gasteiger partial charge in [-0.25, -0.2) is 4.79 Å². The van der Waals surface area contributed by atoms with E-state index in [2.05, 4.69) is 10.2 Å². The van der Waals surface area contributed by atoms with E-state index in [-0.39, 0.29) is 0 Å². The van der Waals surface area contributed by atoms with E-state index in [1.807, 2.05) is 18.2 Å². The van der Waals surface area contributed by atoms with Crippen LogP contribution in [0.2, 0.25) is 0 Å². The minimum atomic E-state index is -1.29. The van der Waals surface area contributed by atoms with Crippen molar-refractivity contribution < 1.29 is 19.1 Å². The van der Waals surface area contributed by atoms with E-state index in [4.69, 9.17) is 9.47 Å². The topological polar surface area (TPSA) is 77.3 Å². The highest BCUT2D eigenvalue weighted by Gasteiger charge is 2.52. The molecule has 20 heavy (non-hydrogen) atoms. The highest BCUT2D eigenvalue weighted by molar-refractivity contribution is 5.83. The average molecular weight is 276 g/mol. The SMILES string of the molecule is COC(=O)[C@]1([C@@H](OC(C)=O)c2ccccc2)CCN=N1. The Labute approximate surface area is 116 Å². The average Bonchev–Trinajstić information content (AvgIpc) is 2.95. The lowest BCUT2D eigenvalue weighted by molar-refractivity contribution is -0.161. The number of azo groups is 1. The van der Waals surface area contributed by atoms with Crippen molar-refractivity contribution >= 4 is 11.9 Å². The van der Waals surface area contributed by atoms with Crippen LogP contribution in [0.5, 0.6) is 0 Å². The summed E-state index contributed by atoms with van der Waals surface area (Å²) in [6, 6.07) is 9.03. The van der Waals surface area contributed by atoms with Gasteiger partial charge in [-0.1, -0.05) is 30.3 Å². The molecule has 106 valence electrons. The lowest BCUT2D eigenvalue weighted by atomic mass is 9.85. The summed E-state index contributed by atoms with van der Waals surface area (Å²) in [7, 11) is 1.29. The zero-order valence-corrected chi connectivity index (χ0v) is 11.4. The molecule has 0 saturated carbocycles. The Balaban J connectivity index is 2.46. The summed E-state index contributed by atoms with van der Waals surface area (Å²) in [6.45, 7) is 1.70. The zero-order chi connectivity index (χ0) is 14.6. The molecule has 1 aromatic rings. The highest BCUT2D eigenvalue weighted by atomic mass is 16.6. The predicted octanol–water partition coefficient (Wildman–Crippen LogP) is 2.06. The molecule has 0 amide bonds. The van der Waals surface area contributed by atoms with Gasteiger partial charge in [0.15, 0.2) is 6.10 Å². The summed E-state index contributed by atoms with van der Waals surface area (Å²) in [6.07, 6.45) is -0.480. The molecule has 0 fully saturated rings. The molecule has 0 unspecified atom stereocenters. The standard InChI is InChI=1S/C14H16N2O4/c1-10(17)20-12(11-6-4-3-5-7-11)14(13(18)19-2)8-9-15-16-14/h3-7,12H,8-9H2,1-2H3/t12-,14+/m0/s1. The normalized spacial score (nSPS) is 22.3. The highest BCUT2D eigenvalue weighted by Crippen LogP contribution is 2.40. The van der Waals surface area contributed by atoms with Crippen LogP contribution in [0, 0.1) is 0 Å². The Kier molecular flexibility index (Phi) is 4.12. The van der Waals surface area contributed by atoms with Gasteiger partial charge in [0, 0.05) is 13.3 Å². The molecule has 0 bridgehead atoms. The number of carbonyl (C=O) groups excluding carboxylic acids is 2. The molecule has 6 heteroatoms. The Bertz CT molecular complexity index is 529. The first-order valence-electron chi connectivity index (χ1n) is 6.29. The number of methoxy groups -OCH3 is 1. The maximum atomic E-state index is 12.2. The first-order valence-corrected chi connectivity index (χ1v) is 6.29. The fraction of sp³-hybridized carbons (Fsp3) is 0.429. The van der Waals surface area contributed by atoms with Gasteiger partial charge in [0.25, 0.3) is 0 Å². The number of hydrogen-bond acceptors (Lipinski definition) is 6. The zero-order valence-electron chi connectivity index (χ0n) is 11.4. The number of benzene rings is 1. The Morgan fingerprint density at radius 2 is 2.00 bits per heavy atom. The lowest BCUT2D eigenvalue weighted by Crippen LogP contribution is -2.44. The van der Waals surface area contributed by atoms with Gasteiger partial charge in [-0.2, -0.15) is 10.2 Å². The Hall–Kier alpha value is -2.24. The molecule has 0 radical (unpaired) electrons. The minimum absolute atomic E-state index is 0.354. The monoisotopic (exact) mass is 276 g/mol. The predicted molar refractivity (Wildman–Crippen MR) is 70.0 cm³/mol. The second kappa shape index (κ2) is 5.81. The first-order chi connectivity index (χ1) is 9.60. The molecule has 0 saturated heterocycles. The van der Waals surface area contributed by atoms with Gasteiger partial charge < -0.3 is 9.47 Å².